The van der Waals surface area contributed by atoms with Crippen molar-refractivity contribution in [3.63, 3.8) is 0 Å². The minimum Gasteiger partial charge on any atom is -0.391 e. The highest BCUT2D eigenvalue weighted by Crippen LogP contribution is 2.68. The first kappa shape index (κ1) is 32.3. The van der Waals surface area contributed by atoms with E-state index in [-0.39, 0.29) is 34.8 Å². The second kappa shape index (κ2) is 11.9. The van der Waals surface area contributed by atoms with Crippen LogP contribution in [0, 0.1) is 46.8 Å². The third-order valence-corrected chi connectivity index (χ3v) is 15.0. The molecule has 2 aliphatic heterocycles. The van der Waals surface area contributed by atoms with Gasteiger partial charge < -0.3 is 20.0 Å². The molecule has 6 fully saturated rings. The second-order valence-electron chi connectivity index (χ2n) is 16.8. The molecule has 6 aliphatic rings. The highest BCUT2D eigenvalue weighted by molar-refractivity contribution is 6.01. The second-order valence-corrected chi connectivity index (χ2v) is 16.8. The van der Waals surface area contributed by atoms with E-state index in [0.717, 1.165) is 68.8 Å². The lowest BCUT2D eigenvalue weighted by Gasteiger charge is -2.63. The van der Waals surface area contributed by atoms with Crippen molar-refractivity contribution >= 4 is 22.6 Å². The number of carbonyl (C=O) groups is 2. The Morgan fingerprint density at radius 2 is 1.65 bits per heavy atom. The van der Waals surface area contributed by atoms with Gasteiger partial charge in [0, 0.05) is 49.7 Å². The van der Waals surface area contributed by atoms with Crippen LogP contribution in [0.4, 0.5) is 0 Å². The van der Waals surface area contributed by atoms with Crippen LogP contribution < -0.4 is 0 Å². The van der Waals surface area contributed by atoms with Crippen LogP contribution in [0.5, 0.6) is 0 Å². The van der Waals surface area contributed by atoms with Crippen molar-refractivity contribution in [3.8, 4) is 12.3 Å². The molecule has 2 N–H and O–H groups in total. The first-order valence-electron chi connectivity index (χ1n) is 18.8. The minimum atomic E-state index is -0.984. The summed E-state index contributed by atoms with van der Waals surface area (Å²) in [7, 11) is 0. The van der Waals surface area contributed by atoms with Crippen LogP contribution >= 0.6 is 0 Å². The van der Waals surface area contributed by atoms with E-state index in [1.54, 1.807) is 4.90 Å². The SMILES string of the molecule is C#C[C@]1(O)CC[C@H]2[C@@H]3CCC4C[C@H](O)[C@@H](N5CCN(C(=O)[C@@H]6CCCN6C(=O)c6ccc7ccccc7c6)CC5)C[C@]4(C)[C@H]3CC[C@@]21C. The van der Waals surface area contributed by atoms with Crippen LogP contribution in [0.15, 0.2) is 42.5 Å². The summed E-state index contributed by atoms with van der Waals surface area (Å²) < 4.78 is 0. The first-order valence-corrected chi connectivity index (χ1v) is 18.8. The maximum Gasteiger partial charge on any atom is 0.254 e. The molecule has 2 aromatic rings. The van der Waals surface area contributed by atoms with Gasteiger partial charge >= 0.3 is 0 Å². The molecular formula is C41H53N3O4. The van der Waals surface area contributed by atoms with Crippen LogP contribution in [0.2, 0.25) is 0 Å². The number of rotatable bonds is 3. The third-order valence-electron chi connectivity index (χ3n) is 15.0. The molecule has 0 bridgehead atoms. The zero-order valence-corrected chi connectivity index (χ0v) is 28.8. The first-order chi connectivity index (χ1) is 23.1. The number of aliphatic hydroxyl groups is 2. The van der Waals surface area contributed by atoms with Crippen molar-refractivity contribution in [2.75, 3.05) is 32.7 Å². The fraction of sp³-hybridized carbons (Fsp3) is 0.659. The highest BCUT2D eigenvalue weighted by atomic mass is 16.3. The summed E-state index contributed by atoms with van der Waals surface area (Å²) in [4.78, 5) is 33.8. The van der Waals surface area contributed by atoms with Crippen molar-refractivity contribution in [3.05, 3.63) is 48.0 Å². The van der Waals surface area contributed by atoms with Gasteiger partial charge in [-0.15, -0.1) is 6.42 Å². The third kappa shape index (κ3) is 4.88. The number of piperazine rings is 1. The Morgan fingerprint density at radius 3 is 2.42 bits per heavy atom. The summed E-state index contributed by atoms with van der Waals surface area (Å²) in [6.45, 7) is 8.15. The zero-order chi connectivity index (χ0) is 33.4. The number of benzene rings is 2. The lowest BCUT2D eigenvalue weighted by Crippen LogP contribution is -2.63. The molecule has 10 atom stereocenters. The summed E-state index contributed by atoms with van der Waals surface area (Å²) in [6.07, 6.45) is 15.1. The Hall–Kier alpha value is -2.92. The van der Waals surface area contributed by atoms with Gasteiger partial charge in [-0.1, -0.05) is 50.1 Å². The average molecular weight is 652 g/mol. The van der Waals surface area contributed by atoms with Gasteiger partial charge in [0.15, 0.2) is 0 Å². The van der Waals surface area contributed by atoms with Crippen molar-refractivity contribution in [1.82, 2.24) is 14.7 Å². The Balaban J connectivity index is 0.925. The van der Waals surface area contributed by atoms with Gasteiger partial charge in [-0.2, -0.15) is 0 Å². The standard InChI is InChI=1S/C41H53N3O4/c1-4-41(48)18-16-33-31-14-13-30-25-36(45)35(26-39(30,2)32(31)15-17-40(33,41)3)42-20-22-43(23-21-42)38(47)34-10-7-19-44(34)37(46)29-12-11-27-8-5-6-9-28(27)24-29/h1,5-6,8-9,11-12,24,30-36,45,48H,7,10,13-23,25-26H2,2-3H3/t30?,31-,32+,33+,34+,35+,36+,39+,40+,41+/m1/s1. The maximum atomic E-state index is 13.9. The number of terminal acetylenes is 1. The fourth-order valence-electron chi connectivity index (χ4n) is 12.1. The van der Waals surface area contributed by atoms with E-state index in [9.17, 15) is 19.8 Å². The van der Waals surface area contributed by atoms with Crippen LogP contribution in [0.3, 0.4) is 0 Å². The fourth-order valence-corrected chi connectivity index (χ4v) is 12.1. The molecule has 0 radical (unpaired) electrons. The smallest absolute Gasteiger partial charge is 0.254 e. The number of nitrogens with zero attached hydrogens (tertiary/aromatic N) is 3. The predicted octanol–water partition coefficient (Wildman–Crippen LogP) is 5.34. The van der Waals surface area contributed by atoms with Crippen molar-refractivity contribution in [1.29, 1.82) is 0 Å². The molecule has 4 aliphatic carbocycles. The van der Waals surface area contributed by atoms with Crippen LogP contribution in [-0.2, 0) is 4.79 Å². The van der Waals surface area contributed by atoms with Gasteiger partial charge in [-0.25, -0.2) is 0 Å². The maximum absolute atomic E-state index is 13.9. The molecule has 0 spiro atoms. The Morgan fingerprint density at radius 1 is 0.896 bits per heavy atom. The molecule has 7 heteroatoms. The van der Waals surface area contributed by atoms with E-state index >= 15 is 0 Å². The lowest BCUT2D eigenvalue weighted by molar-refractivity contribution is -0.163. The molecule has 256 valence electrons. The van der Waals surface area contributed by atoms with Gasteiger partial charge in [-0.3, -0.25) is 14.5 Å². The molecule has 2 saturated heterocycles. The summed E-state index contributed by atoms with van der Waals surface area (Å²) in [5.41, 5.74) is -0.381. The number of hydrogen-bond donors (Lipinski definition) is 2. The van der Waals surface area contributed by atoms with Crippen LogP contribution in [-0.4, -0.2) is 93.2 Å². The Labute approximate surface area is 286 Å². The van der Waals surface area contributed by atoms with E-state index in [1.807, 2.05) is 47.4 Å². The number of likely N-dealkylation sites (tertiary alicyclic amines) is 1. The average Bonchev–Trinajstić information content (AvgIpc) is 3.70. The van der Waals surface area contributed by atoms with E-state index in [0.29, 0.717) is 61.7 Å². The summed E-state index contributed by atoms with van der Waals surface area (Å²) in [5, 5.41) is 25.1. The molecule has 8 rings (SSSR count). The van der Waals surface area contributed by atoms with Crippen molar-refractivity contribution < 1.29 is 19.8 Å². The molecular weight excluding hydrogens is 598 g/mol. The molecule has 7 nitrogen and oxygen atoms in total. The zero-order valence-electron chi connectivity index (χ0n) is 28.8. The minimum absolute atomic E-state index is 0.0567. The molecule has 2 heterocycles. The topological polar surface area (TPSA) is 84.3 Å². The Kier molecular flexibility index (Phi) is 7.97. The molecule has 48 heavy (non-hydrogen) atoms. The number of carbonyl (C=O) groups excluding carboxylic acids is 2. The number of fused-ring (bicyclic) bond motifs is 6. The summed E-state index contributed by atoms with van der Waals surface area (Å²) in [5.74, 6) is 5.01. The number of hydrogen-bond acceptors (Lipinski definition) is 5. The normalized spacial score (nSPS) is 41.4. The van der Waals surface area contributed by atoms with E-state index in [2.05, 4.69) is 24.7 Å². The van der Waals surface area contributed by atoms with Gasteiger partial charge in [-0.05, 0) is 116 Å². The van der Waals surface area contributed by atoms with E-state index < -0.39 is 11.6 Å². The number of amides is 2. The van der Waals surface area contributed by atoms with Crippen molar-refractivity contribution in [2.24, 2.45) is 34.5 Å². The molecule has 0 aromatic heterocycles. The van der Waals surface area contributed by atoms with Gasteiger partial charge in [0.1, 0.15) is 11.6 Å². The van der Waals surface area contributed by atoms with Gasteiger partial charge in [0.05, 0.1) is 6.10 Å². The van der Waals surface area contributed by atoms with Gasteiger partial charge in [0.2, 0.25) is 5.91 Å². The highest BCUT2D eigenvalue weighted by Gasteiger charge is 2.65. The van der Waals surface area contributed by atoms with E-state index in [1.165, 1.54) is 6.42 Å². The monoisotopic (exact) mass is 651 g/mol. The largest absolute Gasteiger partial charge is 0.391 e. The lowest BCUT2D eigenvalue weighted by atomic mass is 9.44. The Bertz CT molecular complexity index is 1630. The predicted molar refractivity (Wildman–Crippen MR) is 187 cm³/mol. The number of aliphatic hydroxyl groups excluding tert-OH is 1. The summed E-state index contributed by atoms with van der Waals surface area (Å²) >= 11 is 0. The van der Waals surface area contributed by atoms with Crippen LogP contribution in [0.25, 0.3) is 10.8 Å². The quantitative estimate of drug-likeness (QED) is 0.439. The van der Waals surface area contributed by atoms with Crippen molar-refractivity contribution in [2.45, 2.75) is 102 Å². The molecule has 1 unspecified atom stereocenters. The van der Waals surface area contributed by atoms with E-state index in [4.69, 9.17) is 6.42 Å². The molecule has 2 aromatic carbocycles. The van der Waals surface area contributed by atoms with Gasteiger partial charge in [0.25, 0.3) is 5.91 Å². The molecule has 2 amide bonds. The molecule has 4 saturated carbocycles. The summed E-state index contributed by atoms with van der Waals surface area (Å²) in [6, 6.07) is 13.6. The van der Waals surface area contributed by atoms with Crippen LogP contribution in [0.1, 0.15) is 88.4 Å².